The summed E-state index contributed by atoms with van der Waals surface area (Å²) in [6, 6.07) is 15.0. The average molecular weight is 367 g/mol. The molecule has 0 saturated heterocycles. The summed E-state index contributed by atoms with van der Waals surface area (Å²) < 4.78 is 11.1. The van der Waals surface area contributed by atoms with Gasteiger partial charge in [0.15, 0.2) is 18.1 Å². The van der Waals surface area contributed by atoms with Crippen molar-refractivity contribution < 1.29 is 14.3 Å². The highest BCUT2D eigenvalue weighted by Gasteiger charge is 2.13. The predicted molar refractivity (Wildman–Crippen MR) is 105 cm³/mol. The van der Waals surface area contributed by atoms with Crippen LogP contribution in [0.2, 0.25) is 0 Å². The van der Waals surface area contributed by atoms with Gasteiger partial charge in [-0.3, -0.25) is 4.79 Å². The van der Waals surface area contributed by atoms with E-state index >= 15 is 0 Å². The summed E-state index contributed by atoms with van der Waals surface area (Å²) in [5.74, 6) is 0.776. The van der Waals surface area contributed by atoms with Crippen molar-refractivity contribution in [2.45, 2.75) is 13.5 Å². The molecule has 0 atom stereocenters. The summed E-state index contributed by atoms with van der Waals surface area (Å²) in [5, 5.41) is 8.99. The van der Waals surface area contributed by atoms with Crippen molar-refractivity contribution in [1.82, 2.24) is 4.90 Å². The Bertz CT molecular complexity index is 810. The minimum Gasteiger partial charge on any atom is -0.490 e. The second-order valence-electron chi connectivity index (χ2n) is 6.31. The van der Waals surface area contributed by atoms with Crippen molar-refractivity contribution in [1.29, 1.82) is 5.26 Å². The Labute approximate surface area is 160 Å². The van der Waals surface area contributed by atoms with Crippen molar-refractivity contribution >= 4 is 11.6 Å². The van der Waals surface area contributed by atoms with Gasteiger partial charge >= 0.3 is 0 Å². The molecule has 6 heteroatoms. The normalized spacial score (nSPS) is 10.0. The molecule has 6 nitrogen and oxygen atoms in total. The van der Waals surface area contributed by atoms with Crippen LogP contribution >= 0.6 is 0 Å². The number of carbonyl (C=O) groups excluding carboxylic acids is 1. The van der Waals surface area contributed by atoms with Crippen molar-refractivity contribution in [3.63, 3.8) is 0 Å². The molecule has 0 aliphatic carbocycles. The third-order valence-electron chi connectivity index (χ3n) is 4.02. The molecule has 27 heavy (non-hydrogen) atoms. The van der Waals surface area contributed by atoms with Crippen molar-refractivity contribution in [2.24, 2.45) is 0 Å². The number of benzene rings is 2. The van der Waals surface area contributed by atoms with E-state index in [1.807, 2.05) is 50.2 Å². The average Bonchev–Trinajstić information content (AvgIpc) is 2.67. The minimum atomic E-state index is -0.140. The van der Waals surface area contributed by atoms with Crippen molar-refractivity contribution in [2.75, 3.05) is 39.3 Å². The third-order valence-corrected chi connectivity index (χ3v) is 4.02. The molecule has 0 spiro atoms. The molecule has 0 saturated carbocycles. The van der Waals surface area contributed by atoms with Crippen LogP contribution in [0.3, 0.4) is 0 Å². The number of rotatable bonds is 8. The Morgan fingerprint density at radius 3 is 2.33 bits per heavy atom. The van der Waals surface area contributed by atoms with Crippen LogP contribution in [-0.4, -0.2) is 45.2 Å². The van der Waals surface area contributed by atoms with Gasteiger partial charge in [-0.2, -0.15) is 5.26 Å². The molecule has 0 heterocycles. The lowest BCUT2D eigenvalue weighted by atomic mass is 10.2. The van der Waals surface area contributed by atoms with Gasteiger partial charge in [-0.1, -0.05) is 12.1 Å². The zero-order valence-electron chi connectivity index (χ0n) is 16.2. The SMILES string of the molecule is CCOc1cc(C#N)ccc1OCC(=O)N(C)Cc1ccc(N(C)C)cc1. The molecule has 0 fully saturated rings. The fraction of sp³-hybridized carbons (Fsp3) is 0.333. The molecule has 0 N–H and O–H groups in total. The summed E-state index contributed by atoms with van der Waals surface area (Å²) in [5.41, 5.74) is 2.64. The van der Waals surface area contributed by atoms with Gasteiger partial charge in [-0.15, -0.1) is 0 Å². The van der Waals surface area contributed by atoms with Crippen LogP contribution in [0.5, 0.6) is 11.5 Å². The number of anilines is 1. The lowest BCUT2D eigenvalue weighted by Gasteiger charge is -2.19. The Morgan fingerprint density at radius 1 is 1.04 bits per heavy atom. The van der Waals surface area contributed by atoms with Gasteiger partial charge in [-0.25, -0.2) is 0 Å². The molecular weight excluding hydrogens is 342 g/mol. The topological polar surface area (TPSA) is 65.8 Å². The second-order valence-corrected chi connectivity index (χ2v) is 6.31. The first-order valence-corrected chi connectivity index (χ1v) is 8.74. The number of hydrogen-bond donors (Lipinski definition) is 0. The van der Waals surface area contributed by atoms with Crippen LogP contribution in [0.4, 0.5) is 5.69 Å². The standard InChI is InChI=1S/C21H25N3O3/c1-5-26-20-12-17(13-22)8-11-19(20)27-15-21(25)24(4)14-16-6-9-18(10-7-16)23(2)3/h6-12H,5,14-15H2,1-4H3. The van der Waals surface area contributed by atoms with E-state index in [1.165, 1.54) is 0 Å². The first-order chi connectivity index (χ1) is 12.9. The predicted octanol–water partition coefficient (Wildman–Crippen LogP) is 3.06. The highest BCUT2D eigenvalue weighted by atomic mass is 16.5. The quantitative estimate of drug-likeness (QED) is 0.717. The number of nitriles is 1. The number of carbonyl (C=O) groups is 1. The fourth-order valence-electron chi connectivity index (χ4n) is 2.48. The highest BCUT2D eigenvalue weighted by Crippen LogP contribution is 2.28. The number of likely N-dealkylation sites (N-methyl/N-ethyl adjacent to an activating group) is 1. The molecular formula is C21H25N3O3. The number of hydrogen-bond acceptors (Lipinski definition) is 5. The van der Waals surface area contributed by atoms with Gasteiger partial charge in [0.1, 0.15) is 0 Å². The van der Waals surface area contributed by atoms with E-state index in [0.29, 0.717) is 30.2 Å². The Morgan fingerprint density at radius 2 is 1.74 bits per heavy atom. The second kappa shape index (κ2) is 9.48. The van der Waals surface area contributed by atoms with E-state index in [9.17, 15) is 4.79 Å². The molecule has 0 aliphatic rings. The van der Waals surface area contributed by atoms with Crippen molar-refractivity contribution in [3.8, 4) is 17.6 Å². The molecule has 0 radical (unpaired) electrons. The summed E-state index contributed by atoms with van der Waals surface area (Å²) >= 11 is 0. The van der Waals surface area contributed by atoms with Gasteiger partial charge in [0.2, 0.25) is 0 Å². The van der Waals surface area contributed by atoms with Gasteiger partial charge in [0.05, 0.1) is 18.2 Å². The van der Waals surface area contributed by atoms with E-state index in [-0.39, 0.29) is 12.5 Å². The van der Waals surface area contributed by atoms with Gasteiger partial charge in [0, 0.05) is 39.4 Å². The molecule has 2 aromatic carbocycles. The van der Waals surface area contributed by atoms with Crippen LogP contribution in [0.25, 0.3) is 0 Å². The minimum absolute atomic E-state index is 0.0990. The number of amides is 1. The zero-order chi connectivity index (χ0) is 19.8. The smallest absolute Gasteiger partial charge is 0.260 e. The Kier molecular flexibility index (Phi) is 7.07. The summed E-state index contributed by atoms with van der Waals surface area (Å²) in [6.07, 6.45) is 0. The Balaban J connectivity index is 1.95. The van der Waals surface area contributed by atoms with E-state index in [1.54, 1.807) is 30.1 Å². The Hall–Kier alpha value is -3.20. The van der Waals surface area contributed by atoms with Gasteiger partial charge in [0.25, 0.3) is 5.91 Å². The zero-order valence-corrected chi connectivity index (χ0v) is 16.2. The van der Waals surface area contributed by atoms with Crippen LogP contribution in [0.15, 0.2) is 42.5 Å². The van der Waals surface area contributed by atoms with Crippen LogP contribution in [0.1, 0.15) is 18.1 Å². The van der Waals surface area contributed by atoms with Gasteiger partial charge in [-0.05, 0) is 36.8 Å². The number of nitrogens with zero attached hydrogens (tertiary/aromatic N) is 3. The van der Waals surface area contributed by atoms with Crippen LogP contribution in [-0.2, 0) is 11.3 Å². The van der Waals surface area contributed by atoms with E-state index in [0.717, 1.165) is 11.3 Å². The summed E-state index contributed by atoms with van der Waals surface area (Å²) in [4.78, 5) is 16.0. The number of ether oxygens (including phenoxy) is 2. The first-order valence-electron chi connectivity index (χ1n) is 8.74. The molecule has 0 aliphatic heterocycles. The van der Waals surface area contributed by atoms with Crippen molar-refractivity contribution in [3.05, 3.63) is 53.6 Å². The lowest BCUT2D eigenvalue weighted by molar-refractivity contribution is -0.132. The molecule has 0 aromatic heterocycles. The molecule has 0 unspecified atom stereocenters. The molecule has 0 bridgehead atoms. The van der Waals surface area contributed by atoms with E-state index in [2.05, 4.69) is 6.07 Å². The maximum atomic E-state index is 12.4. The molecule has 142 valence electrons. The monoisotopic (exact) mass is 367 g/mol. The summed E-state index contributed by atoms with van der Waals surface area (Å²) in [6.45, 7) is 2.70. The first kappa shape index (κ1) is 20.1. The fourth-order valence-corrected chi connectivity index (χ4v) is 2.48. The lowest BCUT2D eigenvalue weighted by Crippen LogP contribution is -2.31. The van der Waals surface area contributed by atoms with E-state index < -0.39 is 0 Å². The third kappa shape index (κ3) is 5.65. The largest absolute Gasteiger partial charge is 0.490 e. The van der Waals surface area contributed by atoms with Gasteiger partial charge < -0.3 is 19.3 Å². The van der Waals surface area contributed by atoms with E-state index in [4.69, 9.17) is 14.7 Å². The molecule has 1 amide bonds. The molecule has 2 aromatic rings. The van der Waals surface area contributed by atoms with Crippen LogP contribution < -0.4 is 14.4 Å². The van der Waals surface area contributed by atoms with Crippen LogP contribution in [0, 0.1) is 11.3 Å². The maximum Gasteiger partial charge on any atom is 0.260 e. The summed E-state index contributed by atoms with van der Waals surface area (Å²) in [7, 11) is 5.72. The maximum absolute atomic E-state index is 12.4. The molecule has 2 rings (SSSR count). The highest BCUT2D eigenvalue weighted by molar-refractivity contribution is 5.77.